The fourth-order valence-corrected chi connectivity index (χ4v) is 1.91. The molecule has 1 saturated heterocycles. The number of rotatable bonds is 2. The van der Waals surface area contributed by atoms with E-state index < -0.39 is 10.0 Å². The molecule has 0 aromatic heterocycles. The van der Waals surface area contributed by atoms with E-state index >= 15 is 0 Å². The fraction of sp³-hybridized carbons (Fsp3) is 0.286. The third kappa shape index (κ3) is 2.60. The van der Waals surface area contributed by atoms with E-state index in [1.165, 1.54) is 6.20 Å². The van der Waals surface area contributed by atoms with Gasteiger partial charge in [0.05, 0.1) is 0 Å². The van der Waals surface area contributed by atoms with E-state index in [2.05, 4.69) is 16.3 Å². The molecule has 1 N–H and O–H groups in total. The predicted molar refractivity (Wildman–Crippen MR) is 48.6 cm³/mol. The van der Waals surface area contributed by atoms with Crippen molar-refractivity contribution < 1.29 is 8.42 Å². The highest BCUT2D eigenvalue weighted by Gasteiger charge is 2.21. The average molecular weight is 186 g/mol. The first-order valence-electron chi connectivity index (χ1n) is 3.44. The van der Waals surface area contributed by atoms with Gasteiger partial charge in [0.15, 0.2) is 0 Å². The van der Waals surface area contributed by atoms with E-state index in [0.717, 1.165) is 0 Å². The van der Waals surface area contributed by atoms with Crippen molar-refractivity contribution in [3.05, 3.63) is 24.9 Å². The molecule has 12 heavy (non-hydrogen) atoms. The van der Waals surface area contributed by atoms with E-state index in [-0.39, 0.29) is 5.75 Å². The molecular formula is C7H10N2O2S. The van der Waals surface area contributed by atoms with Crippen LogP contribution in [0.25, 0.3) is 0 Å². The van der Waals surface area contributed by atoms with Crippen molar-refractivity contribution in [3.63, 3.8) is 0 Å². The topological polar surface area (TPSA) is 58.5 Å². The summed E-state index contributed by atoms with van der Waals surface area (Å²) < 4.78 is 24.0. The number of nitrogens with zero attached hydrogens (tertiary/aromatic N) is 1. The SMILES string of the molecule is C=C/C=C\N=C1/CNS(=O)(=O)C1. The minimum absolute atomic E-state index is 0.00842. The highest BCUT2D eigenvalue weighted by molar-refractivity contribution is 7.90. The van der Waals surface area contributed by atoms with E-state index in [1.54, 1.807) is 12.2 Å². The van der Waals surface area contributed by atoms with Gasteiger partial charge in [-0.1, -0.05) is 12.7 Å². The van der Waals surface area contributed by atoms with Gasteiger partial charge in [-0.25, -0.2) is 13.1 Å². The Hall–Kier alpha value is -0.940. The first kappa shape index (κ1) is 9.15. The monoisotopic (exact) mass is 186 g/mol. The molecule has 5 heteroatoms. The Morgan fingerprint density at radius 1 is 1.58 bits per heavy atom. The van der Waals surface area contributed by atoms with Gasteiger partial charge in [-0.3, -0.25) is 4.99 Å². The highest BCUT2D eigenvalue weighted by Crippen LogP contribution is 1.97. The molecular weight excluding hydrogens is 176 g/mol. The van der Waals surface area contributed by atoms with Crippen molar-refractivity contribution in [1.82, 2.24) is 4.72 Å². The molecule has 0 radical (unpaired) electrons. The molecule has 0 atom stereocenters. The Kier molecular flexibility index (Phi) is 2.78. The first-order valence-corrected chi connectivity index (χ1v) is 5.10. The van der Waals surface area contributed by atoms with E-state index in [9.17, 15) is 8.42 Å². The zero-order valence-electron chi connectivity index (χ0n) is 6.53. The molecule has 0 aliphatic carbocycles. The Balaban J connectivity index is 2.63. The van der Waals surface area contributed by atoms with Crippen molar-refractivity contribution in [1.29, 1.82) is 0 Å². The lowest BCUT2D eigenvalue weighted by atomic mass is 10.4. The molecule has 4 nitrogen and oxygen atoms in total. The predicted octanol–water partition coefficient (Wildman–Crippen LogP) is 0.0601. The molecule has 0 unspecified atom stereocenters. The number of nitrogens with one attached hydrogen (secondary N) is 1. The molecule has 0 saturated carbocycles. The van der Waals surface area contributed by atoms with Gasteiger partial charge in [0.25, 0.3) is 0 Å². The largest absolute Gasteiger partial charge is 0.263 e. The fourth-order valence-electron chi connectivity index (χ4n) is 0.807. The summed E-state index contributed by atoms with van der Waals surface area (Å²) in [4.78, 5) is 3.93. The summed E-state index contributed by atoms with van der Waals surface area (Å²) in [6, 6.07) is 0. The number of hydrogen-bond donors (Lipinski definition) is 1. The van der Waals surface area contributed by atoms with Gasteiger partial charge in [0.2, 0.25) is 10.0 Å². The van der Waals surface area contributed by atoms with Crippen LogP contribution in [0, 0.1) is 0 Å². The van der Waals surface area contributed by atoms with Crippen LogP contribution in [0.1, 0.15) is 0 Å². The van der Waals surface area contributed by atoms with Crippen molar-refractivity contribution in [3.8, 4) is 0 Å². The summed E-state index contributed by atoms with van der Waals surface area (Å²) in [6.45, 7) is 3.79. The van der Waals surface area contributed by atoms with Crippen molar-refractivity contribution in [2.45, 2.75) is 0 Å². The molecule has 1 fully saturated rings. The zero-order chi connectivity index (χ0) is 9.03. The summed E-state index contributed by atoms with van der Waals surface area (Å²) in [5.41, 5.74) is 0.633. The van der Waals surface area contributed by atoms with Crippen LogP contribution in [0.2, 0.25) is 0 Å². The Morgan fingerprint density at radius 2 is 2.33 bits per heavy atom. The standard InChI is InChI=1S/C7H10N2O2S/c1-2-3-4-8-7-5-9-12(10,11)6-7/h2-4,9H,1,5-6H2/b4-3-,8-7+. The van der Waals surface area contributed by atoms with Crippen LogP contribution in [0.15, 0.2) is 29.9 Å². The number of sulfonamides is 1. The van der Waals surface area contributed by atoms with Gasteiger partial charge < -0.3 is 0 Å². The van der Waals surface area contributed by atoms with Crippen molar-refractivity contribution in [2.24, 2.45) is 4.99 Å². The number of allylic oxidation sites excluding steroid dienone is 2. The highest BCUT2D eigenvalue weighted by atomic mass is 32.2. The van der Waals surface area contributed by atoms with E-state index in [1.807, 2.05) is 0 Å². The Morgan fingerprint density at radius 3 is 2.83 bits per heavy atom. The summed E-state index contributed by atoms with van der Waals surface area (Å²) in [5, 5.41) is 0. The van der Waals surface area contributed by atoms with Crippen molar-refractivity contribution in [2.75, 3.05) is 12.3 Å². The van der Waals surface area contributed by atoms with Gasteiger partial charge in [-0.15, -0.1) is 0 Å². The minimum atomic E-state index is -3.07. The van der Waals surface area contributed by atoms with Crippen LogP contribution < -0.4 is 4.72 Å². The van der Waals surface area contributed by atoms with Gasteiger partial charge in [0, 0.05) is 18.5 Å². The van der Waals surface area contributed by atoms with Crippen LogP contribution in [-0.4, -0.2) is 26.4 Å². The molecule has 66 valence electrons. The summed E-state index contributed by atoms with van der Waals surface area (Å²) in [6.07, 6.45) is 4.77. The van der Waals surface area contributed by atoms with Gasteiger partial charge >= 0.3 is 0 Å². The lowest BCUT2D eigenvalue weighted by molar-refractivity contribution is 0.594. The number of hydrogen-bond acceptors (Lipinski definition) is 3. The van der Waals surface area contributed by atoms with Gasteiger partial charge in [-0.2, -0.15) is 0 Å². The second-order valence-electron chi connectivity index (χ2n) is 2.35. The Bertz CT molecular complexity index is 327. The molecule has 1 heterocycles. The first-order chi connectivity index (χ1) is 5.64. The molecule has 0 spiro atoms. The molecule has 0 aromatic rings. The maximum absolute atomic E-state index is 10.8. The molecule has 0 amide bonds. The summed E-state index contributed by atoms with van der Waals surface area (Å²) in [5.74, 6) is 0.00842. The number of aliphatic imine (C=N–C) groups is 1. The summed E-state index contributed by atoms with van der Waals surface area (Å²) in [7, 11) is -3.07. The molecule has 1 rings (SSSR count). The van der Waals surface area contributed by atoms with Crippen LogP contribution in [0.4, 0.5) is 0 Å². The quantitative estimate of drug-likeness (QED) is 0.620. The van der Waals surface area contributed by atoms with Crippen LogP contribution in [0.3, 0.4) is 0 Å². The van der Waals surface area contributed by atoms with E-state index in [0.29, 0.717) is 12.3 Å². The average Bonchev–Trinajstić information content (AvgIpc) is 2.31. The second-order valence-corrected chi connectivity index (χ2v) is 4.16. The lowest BCUT2D eigenvalue weighted by Crippen LogP contribution is -2.15. The normalized spacial score (nSPS) is 25.2. The van der Waals surface area contributed by atoms with Gasteiger partial charge in [0.1, 0.15) is 5.75 Å². The molecule has 1 aliphatic rings. The van der Waals surface area contributed by atoms with Crippen molar-refractivity contribution >= 4 is 15.7 Å². The smallest absolute Gasteiger partial charge is 0.217 e. The molecule has 1 aliphatic heterocycles. The maximum atomic E-state index is 10.8. The van der Waals surface area contributed by atoms with Crippen LogP contribution >= 0.6 is 0 Å². The molecule has 0 bridgehead atoms. The van der Waals surface area contributed by atoms with Gasteiger partial charge in [-0.05, 0) is 6.08 Å². The van der Waals surface area contributed by atoms with Crippen LogP contribution in [0.5, 0.6) is 0 Å². The van der Waals surface area contributed by atoms with E-state index in [4.69, 9.17) is 0 Å². The minimum Gasteiger partial charge on any atom is -0.263 e. The maximum Gasteiger partial charge on any atom is 0.217 e. The second kappa shape index (κ2) is 3.64. The zero-order valence-corrected chi connectivity index (χ0v) is 7.34. The Labute approximate surface area is 71.7 Å². The summed E-state index contributed by atoms with van der Waals surface area (Å²) >= 11 is 0. The molecule has 0 aromatic carbocycles. The third-order valence-corrected chi connectivity index (χ3v) is 2.63. The van der Waals surface area contributed by atoms with Crippen LogP contribution in [-0.2, 0) is 10.0 Å². The third-order valence-electron chi connectivity index (χ3n) is 1.33. The lowest BCUT2D eigenvalue weighted by Gasteiger charge is -1.84.